The van der Waals surface area contributed by atoms with E-state index in [9.17, 15) is 4.79 Å². The predicted molar refractivity (Wildman–Crippen MR) is 49.8 cm³/mol. The van der Waals surface area contributed by atoms with Gasteiger partial charge in [-0.2, -0.15) is 4.98 Å². The van der Waals surface area contributed by atoms with Crippen LogP contribution in [0.25, 0.3) is 4.85 Å². The monoisotopic (exact) mass is 197 g/mol. The molecule has 0 aliphatic carbocycles. The van der Waals surface area contributed by atoms with Crippen molar-refractivity contribution < 1.29 is 0 Å². The topological polar surface area (TPSA) is 50.1 Å². The molecule has 0 aliphatic heterocycles. The first kappa shape index (κ1) is 9.75. The van der Waals surface area contributed by atoms with E-state index in [0.717, 1.165) is 0 Å². The molecule has 0 amide bonds. The molecule has 0 saturated heterocycles. The number of aromatic nitrogens is 2. The number of aromatic amines is 1. The van der Waals surface area contributed by atoms with Gasteiger partial charge in [-0.05, 0) is 6.92 Å². The zero-order valence-electron chi connectivity index (χ0n) is 7.09. The first-order valence-electron chi connectivity index (χ1n) is 3.73. The van der Waals surface area contributed by atoms with Crippen molar-refractivity contribution in [2.75, 3.05) is 6.54 Å². The number of H-pyrrole nitrogens is 1. The number of hydrogen-bond donors (Lipinski definition) is 1. The van der Waals surface area contributed by atoms with Gasteiger partial charge in [0.2, 0.25) is 6.54 Å². The lowest BCUT2D eigenvalue weighted by atomic mass is 10.2. The fraction of sp³-hybridized carbons (Fsp3) is 0.375. The Hall–Kier alpha value is -1.34. The van der Waals surface area contributed by atoms with Crippen LogP contribution >= 0.6 is 11.6 Å². The Morgan fingerprint density at radius 2 is 2.38 bits per heavy atom. The van der Waals surface area contributed by atoms with Crippen LogP contribution in [0.5, 0.6) is 0 Å². The molecule has 0 saturated carbocycles. The van der Waals surface area contributed by atoms with E-state index in [0.29, 0.717) is 29.4 Å². The lowest BCUT2D eigenvalue weighted by Crippen LogP contribution is -2.15. The van der Waals surface area contributed by atoms with E-state index in [-0.39, 0.29) is 0 Å². The molecule has 0 radical (unpaired) electrons. The highest BCUT2D eigenvalue weighted by Gasteiger charge is 2.07. The van der Waals surface area contributed by atoms with E-state index in [2.05, 4.69) is 14.8 Å². The molecule has 1 heterocycles. The van der Waals surface area contributed by atoms with E-state index in [1.165, 1.54) is 0 Å². The Balaban J connectivity index is 3.07. The highest BCUT2D eigenvalue weighted by molar-refractivity contribution is 6.31. The summed E-state index contributed by atoms with van der Waals surface area (Å²) in [6, 6.07) is 0. The smallest absolute Gasteiger partial charge is 0.317 e. The second-order valence-electron chi connectivity index (χ2n) is 2.56. The number of hydrogen-bond acceptors (Lipinski definition) is 2. The molecule has 0 aromatic carbocycles. The highest BCUT2D eigenvalue weighted by atomic mass is 35.5. The number of nitrogens with zero attached hydrogens (tertiary/aromatic N) is 2. The van der Waals surface area contributed by atoms with Crippen LogP contribution in [0.4, 0.5) is 0 Å². The molecule has 0 unspecified atom stereocenters. The van der Waals surface area contributed by atoms with Crippen molar-refractivity contribution in [2.45, 2.75) is 13.3 Å². The molecule has 0 atom stereocenters. The molecule has 1 N–H and O–H groups in total. The Kier molecular flexibility index (Phi) is 3.04. The highest BCUT2D eigenvalue weighted by Crippen LogP contribution is 2.14. The molecule has 0 fully saturated rings. The number of halogens is 1. The molecule has 0 aliphatic rings. The minimum absolute atomic E-state index is 0.301. The summed E-state index contributed by atoms with van der Waals surface area (Å²) < 4.78 is 0. The van der Waals surface area contributed by atoms with Crippen molar-refractivity contribution in [3.05, 3.63) is 38.3 Å². The molecule has 4 nitrogen and oxygen atoms in total. The second kappa shape index (κ2) is 4.06. The van der Waals surface area contributed by atoms with Crippen molar-refractivity contribution in [3.8, 4) is 0 Å². The third-order valence-electron chi connectivity index (χ3n) is 1.57. The molecule has 13 heavy (non-hydrogen) atoms. The fourth-order valence-electron chi connectivity index (χ4n) is 0.959. The zero-order chi connectivity index (χ0) is 9.84. The largest absolute Gasteiger partial charge is 0.345 e. The molecule has 1 rings (SSSR count). The molecule has 0 spiro atoms. The molecule has 68 valence electrons. The summed E-state index contributed by atoms with van der Waals surface area (Å²) in [5.41, 5.74) is 0.683. The predicted octanol–water partition coefficient (Wildman–Crippen LogP) is 1.19. The summed E-state index contributed by atoms with van der Waals surface area (Å²) in [7, 11) is 0. The average molecular weight is 198 g/mol. The van der Waals surface area contributed by atoms with Gasteiger partial charge < -0.3 is 9.83 Å². The van der Waals surface area contributed by atoms with Gasteiger partial charge in [0.25, 0.3) is 0 Å². The second-order valence-corrected chi connectivity index (χ2v) is 2.94. The van der Waals surface area contributed by atoms with Gasteiger partial charge in [0.1, 0.15) is 0 Å². The number of aryl methyl sites for hydroxylation is 1. The molecular formula is C8H8ClN3O. The third kappa shape index (κ3) is 2.30. The normalized spacial score (nSPS) is 9.62. The van der Waals surface area contributed by atoms with Crippen molar-refractivity contribution in [2.24, 2.45) is 0 Å². The van der Waals surface area contributed by atoms with Crippen molar-refractivity contribution in [1.82, 2.24) is 9.97 Å². The summed E-state index contributed by atoms with van der Waals surface area (Å²) in [5.74, 6) is 0. The van der Waals surface area contributed by atoms with Gasteiger partial charge in [0.15, 0.2) is 0 Å². The number of rotatable bonds is 2. The third-order valence-corrected chi connectivity index (χ3v) is 2.08. The SMILES string of the molecule is [C-]#[N+]CCc1nc(=O)[nH]c(C)c1Cl. The Bertz CT molecular complexity index is 405. The van der Waals surface area contributed by atoms with Crippen molar-refractivity contribution in [3.63, 3.8) is 0 Å². The van der Waals surface area contributed by atoms with E-state index in [1.54, 1.807) is 6.92 Å². The standard InChI is InChI=1S/C8H8ClN3O/c1-5-7(9)6(3-4-10-2)12-8(13)11-5/h3-4H2,1H3,(H,11,12,13). The first-order valence-corrected chi connectivity index (χ1v) is 4.11. The van der Waals surface area contributed by atoms with E-state index in [1.807, 2.05) is 0 Å². The Morgan fingerprint density at radius 1 is 1.69 bits per heavy atom. The van der Waals surface area contributed by atoms with Gasteiger partial charge in [-0.3, -0.25) is 0 Å². The summed E-state index contributed by atoms with van der Waals surface area (Å²) in [6.07, 6.45) is 0.424. The van der Waals surface area contributed by atoms with Crippen LogP contribution in [0.15, 0.2) is 4.79 Å². The summed E-state index contributed by atoms with van der Waals surface area (Å²) >= 11 is 5.87. The quantitative estimate of drug-likeness (QED) is 0.725. The Labute approximate surface area is 80.4 Å². The van der Waals surface area contributed by atoms with Crippen molar-refractivity contribution >= 4 is 11.6 Å². The van der Waals surface area contributed by atoms with Crippen molar-refractivity contribution in [1.29, 1.82) is 0 Å². The van der Waals surface area contributed by atoms with Crippen LogP contribution in [0.2, 0.25) is 5.02 Å². The molecule has 1 aromatic rings. The maximum absolute atomic E-state index is 10.9. The maximum atomic E-state index is 10.9. The maximum Gasteiger partial charge on any atom is 0.345 e. The summed E-state index contributed by atoms with van der Waals surface area (Å²) in [5, 5.41) is 0.447. The first-order chi connectivity index (χ1) is 6.15. The van der Waals surface area contributed by atoms with E-state index >= 15 is 0 Å². The van der Waals surface area contributed by atoms with Gasteiger partial charge in [-0.1, -0.05) is 11.6 Å². The van der Waals surface area contributed by atoms with Gasteiger partial charge in [-0.15, -0.1) is 0 Å². The van der Waals surface area contributed by atoms with Crippen LogP contribution < -0.4 is 5.69 Å². The van der Waals surface area contributed by atoms with Crippen LogP contribution in [0.1, 0.15) is 11.4 Å². The summed E-state index contributed by atoms with van der Waals surface area (Å²) in [4.78, 5) is 20.3. The van der Waals surface area contributed by atoms with Gasteiger partial charge >= 0.3 is 5.69 Å². The zero-order valence-corrected chi connectivity index (χ0v) is 7.85. The van der Waals surface area contributed by atoms with Gasteiger partial charge in [0.05, 0.1) is 17.1 Å². The van der Waals surface area contributed by atoms with Gasteiger partial charge in [0, 0.05) is 5.69 Å². The van der Waals surface area contributed by atoms with E-state index < -0.39 is 5.69 Å². The average Bonchev–Trinajstić information content (AvgIpc) is 2.09. The molecule has 5 heteroatoms. The molecular weight excluding hydrogens is 190 g/mol. The molecule has 0 bridgehead atoms. The lowest BCUT2D eigenvalue weighted by molar-refractivity contribution is 0.918. The Morgan fingerprint density at radius 3 is 3.00 bits per heavy atom. The van der Waals surface area contributed by atoms with Crippen LogP contribution in [0.3, 0.4) is 0 Å². The van der Waals surface area contributed by atoms with Crippen LogP contribution in [-0.2, 0) is 6.42 Å². The minimum Gasteiger partial charge on any atom is -0.317 e. The van der Waals surface area contributed by atoms with Crippen LogP contribution in [0, 0.1) is 13.5 Å². The van der Waals surface area contributed by atoms with Crippen LogP contribution in [-0.4, -0.2) is 16.5 Å². The lowest BCUT2D eigenvalue weighted by Gasteiger charge is -2.00. The molecule has 1 aromatic heterocycles. The van der Waals surface area contributed by atoms with E-state index in [4.69, 9.17) is 18.2 Å². The summed E-state index contributed by atoms with van der Waals surface area (Å²) in [6.45, 7) is 8.60. The number of nitrogens with one attached hydrogen (secondary N) is 1. The fourth-order valence-corrected chi connectivity index (χ4v) is 1.14. The van der Waals surface area contributed by atoms with Gasteiger partial charge in [-0.25, -0.2) is 11.4 Å². The minimum atomic E-state index is -0.415.